The third-order valence-corrected chi connectivity index (χ3v) is 3.66. The van der Waals surface area contributed by atoms with Crippen LogP contribution in [0.2, 0.25) is 0 Å². The molecule has 0 aliphatic heterocycles. The summed E-state index contributed by atoms with van der Waals surface area (Å²) < 4.78 is 19.8. The number of rotatable bonds is 4. The standard InChI is InChI=1S/C16H17BrFNO/c1-3-20-15-5-4-11(9-14(15)17)16(19)12-6-10(2)7-13(18)8-12/h4-9,16H,3,19H2,1-2H3. The van der Waals surface area contributed by atoms with E-state index in [2.05, 4.69) is 15.9 Å². The number of hydrogen-bond acceptors (Lipinski definition) is 2. The lowest BCUT2D eigenvalue weighted by Gasteiger charge is -2.15. The fraction of sp³-hybridized carbons (Fsp3) is 0.250. The zero-order valence-electron chi connectivity index (χ0n) is 11.5. The molecule has 0 spiro atoms. The van der Waals surface area contributed by atoms with Crippen LogP contribution in [-0.4, -0.2) is 6.61 Å². The van der Waals surface area contributed by atoms with E-state index in [9.17, 15) is 4.39 Å². The van der Waals surface area contributed by atoms with Crippen molar-refractivity contribution in [2.24, 2.45) is 5.73 Å². The Morgan fingerprint density at radius 3 is 2.55 bits per heavy atom. The normalized spacial score (nSPS) is 12.2. The van der Waals surface area contributed by atoms with E-state index in [1.54, 1.807) is 0 Å². The number of aryl methyl sites for hydroxylation is 1. The Hall–Kier alpha value is -1.39. The molecule has 0 amide bonds. The summed E-state index contributed by atoms with van der Waals surface area (Å²) in [5, 5.41) is 0. The molecule has 0 bridgehead atoms. The van der Waals surface area contributed by atoms with E-state index in [0.717, 1.165) is 26.9 Å². The maximum Gasteiger partial charge on any atom is 0.133 e. The highest BCUT2D eigenvalue weighted by Crippen LogP contribution is 2.30. The Balaban J connectivity index is 2.33. The Morgan fingerprint density at radius 1 is 1.20 bits per heavy atom. The molecule has 0 aliphatic rings. The Morgan fingerprint density at radius 2 is 1.95 bits per heavy atom. The van der Waals surface area contributed by atoms with Crippen molar-refractivity contribution >= 4 is 15.9 Å². The van der Waals surface area contributed by atoms with Gasteiger partial charge in [0.2, 0.25) is 0 Å². The van der Waals surface area contributed by atoms with Gasteiger partial charge in [-0.1, -0.05) is 12.1 Å². The quantitative estimate of drug-likeness (QED) is 0.900. The zero-order chi connectivity index (χ0) is 14.7. The van der Waals surface area contributed by atoms with E-state index in [0.29, 0.717) is 6.61 Å². The molecule has 0 fully saturated rings. The molecule has 0 saturated heterocycles. The van der Waals surface area contributed by atoms with E-state index in [1.165, 1.54) is 12.1 Å². The second-order valence-electron chi connectivity index (χ2n) is 4.66. The average Bonchev–Trinajstić information content (AvgIpc) is 2.39. The summed E-state index contributed by atoms with van der Waals surface area (Å²) >= 11 is 3.46. The van der Waals surface area contributed by atoms with Crippen molar-refractivity contribution in [1.82, 2.24) is 0 Å². The van der Waals surface area contributed by atoms with Gasteiger partial charge < -0.3 is 10.5 Å². The Bertz CT molecular complexity index is 595. The van der Waals surface area contributed by atoms with Gasteiger partial charge in [0.25, 0.3) is 0 Å². The van der Waals surface area contributed by atoms with Gasteiger partial charge in [0.05, 0.1) is 17.1 Å². The Labute approximate surface area is 126 Å². The third kappa shape index (κ3) is 3.38. The summed E-state index contributed by atoms with van der Waals surface area (Å²) in [6, 6.07) is 10.2. The lowest BCUT2D eigenvalue weighted by molar-refractivity contribution is 0.338. The van der Waals surface area contributed by atoms with Crippen molar-refractivity contribution in [3.8, 4) is 5.75 Å². The van der Waals surface area contributed by atoms with Crippen molar-refractivity contribution in [2.45, 2.75) is 19.9 Å². The van der Waals surface area contributed by atoms with Crippen LogP contribution in [0.15, 0.2) is 40.9 Å². The van der Waals surface area contributed by atoms with Crippen LogP contribution in [0.4, 0.5) is 4.39 Å². The molecule has 2 aromatic carbocycles. The maximum absolute atomic E-state index is 13.5. The predicted octanol–water partition coefficient (Wildman–Crippen LogP) is 4.34. The first-order valence-electron chi connectivity index (χ1n) is 6.46. The third-order valence-electron chi connectivity index (χ3n) is 3.04. The van der Waals surface area contributed by atoms with Crippen molar-refractivity contribution in [3.05, 3.63) is 63.4 Å². The van der Waals surface area contributed by atoms with Crippen LogP contribution < -0.4 is 10.5 Å². The van der Waals surface area contributed by atoms with E-state index in [-0.39, 0.29) is 11.9 Å². The summed E-state index contributed by atoms with van der Waals surface area (Å²) in [6.07, 6.45) is 0. The number of hydrogen-bond donors (Lipinski definition) is 1. The molecular weight excluding hydrogens is 321 g/mol. The number of ether oxygens (including phenoxy) is 1. The highest BCUT2D eigenvalue weighted by Gasteiger charge is 2.12. The van der Waals surface area contributed by atoms with Crippen molar-refractivity contribution in [3.63, 3.8) is 0 Å². The minimum absolute atomic E-state index is 0.263. The second kappa shape index (κ2) is 6.37. The monoisotopic (exact) mass is 337 g/mol. The summed E-state index contributed by atoms with van der Waals surface area (Å²) in [4.78, 5) is 0. The van der Waals surface area contributed by atoms with Gasteiger partial charge in [0.15, 0.2) is 0 Å². The first kappa shape index (κ1) is 15.0. The van der Waals surface area contributed by atoms with E-state index < -0.39 is 0 Å². The predicted molar refractivity (Wildman–Crippen MR) is 82.5 cm³/mol. The zero-order valence-corrected chi connectivity index (χ0v) is 13.1. The molecule has 0 aliphatic carbocycles. The average molecular weight is 338 g/mol. The SMILES string of the molecule is CCOc1ccc(C(N)c2cc(C)cc(F)c2)cc1Br. The summed E-state index contributed by atoms with van der Waals surface area (Å²) in [6.45, 7) is 4.39. The molecule has 2 nitrogen and oxygen atoms in total. The molecule has 0 heterocycles. The van der Waals surface area contributed by atoms with Crippen LogP contribution in [-0.2, 0) is 0 Å². The maximum atomic E-state index is 13.5. The van der Waals surface area contributed by atoms with Crippen LogP contribution in [0.1, 0.15) is 29.7 Å². The van der Waals surface area contributed by atoms with Crippen LogP contribution in [0.5, 0.6) is 5.75 Å². The molecule has 1 atom stereocenters. The molecule has 4 heteroatoms. The first-order valence-corrected chi connectivity index (χ1v) is 7.25. The molecule has 106 valence electrons. The van der Waals surface area contributed by atoms with Gasteiger partial charge in [-0.15, -0.1) is 0 Å². The van der Waals surface area contributed by atoms with Gasteiger partial charge in [-0.25, -0.2) is 4.39 Å². The lowest BCUT2D eigenvalue weighted by atomic mass is 9.98. The van der Waals surface area contributed by atoms with E-state index >= 15 is 0 Å². The van der Waals surface area contributed by atoms with Gasteiger partial charge in [0, 0.05) is 0 Å². The molecule has 2 rings (SSSR count). The minimum atomic E-state index is -0.364. The van der Waals surface area contributed by atoms with E-state index in [1.807, 2.05) is 38.1 Å². The van der Waals surface area contributed by atoms with Crippen molar-refractivity contribution in [2.75, 3.05) is 6.61 Å². The van der Waals surface area contributed by atoms with Gasteiger partial charge in [-0.2, -0.15) is 0 Å². The van der Waals surface area contributed by atoms with Crippen molar-refractivity contribution in [1.29, 1.82) is 0 Å². The molecule has 20 heavy (non-hydrogen) atoms. The fourth-order valence-electron chi connectivity index (χ4n) is 2.12. The molecule has 2 N–H and O–H groups in total. The number of benzene rings is 2. The number of nitrogens with two attached hydrogens (primary N) is 1. The smallest absolute Gasteiger partial charge is 0.133 e. The van der Waals surface area contributed by atoms with E-state index in [4.69, 9.17) is 10.5 Å². The summed E-state index contributed by atoms with van der Waals surface area (Å²) in [5.41, 5.74) is 8.75. The minimum Gasteiger partial charge on any atom is -0.493 e. The highest BCUT2D eigenvalue weighted by atomic mass is 79.9. The molecule has 2 aromatic rings. The Kier molecular flexibility index (Phi) is 4.78. The molecule has 0 aromatic heterocycles. The topological polar surface area (TPSA) is 35.2 Å². The van der Waals surface area contributed by atoms with Crippen molar-refractivity contribution < 1.29 is 9.13 Å². The second-order valence-corrected chi connectivity index (χ2v) is 5.52. The molecule has 1 unspecified atom stereocenters. The van der Waals surface area contributed by atoms with Gasteiger partial charge in [-0.05, 0) is 70.7 Å². The summed E-state index contributed by atoms with van der Waals surface area (Å²) in [5.74, 6) is 0.513. The molecule has 0 saturated carbocycles. The lowest BCUT2D eigenvalue weighted by Crippen LogP contribution is -2.12. The van der Waals surface area contributed by atoms with Crippen LogP contribution in [0.25, 0.3) is 0 Å². The van der Waals surface area contributed by atoms with Gasteiger partial charge in [-0.3, -0.25) is 0 Å². The number of halogens is 2. The molecule has 0 radical (unpaired) electrons. The van der Waals surface area contributed by atoms with Gasteiger partial charge >= 0.3 is 0 Å². The largest absolute Gasteiger partial charge is 0.493 e. The summed E-state index contributed by atoms with van der Waals surface area (Å²) in [7, 11) is 0. The fourth-order valence-corrected chi connectivity index (χ4v) is 2.63. The highest BCUT2D eigenvalue weighted by molar-refractivity contribution is 9.10. The van der Waals surface area contributed by atoms with Gasteiger partial charge in [0.1, 0.15) is 11.6 Å². The van der Waals surface area contributed by atoms with Crippen LogP contribution in [0, 0.1) is 12.7 Å². The van der Waals surface area contributed by atoms with Crippen LogP contribution >= 0.6 is 15.9 Å². The van der Waals surface area contributed by atoms with Crippen LogP contribution in [0.3, 0.4) is 0 Å². The molecular formula is C16H17BrFNO. The first-order chi connectivity index (χ1) is 9.51.